The number of nitrogens with two attached hydrogens (primary N) is 1. The molecule has 11 nitrogen and oxygen atoms in total. The van der Waals surface area contributed by atoms with Crippen molar-refractivity contribution in [2.24, 2.45) is 5.73 Å². The van der Waals surface area contributed by atoms with Crippen molar-refractivity contribution in [3.05, 3.63) is 48.3 Å². The zero-order chi connectivity index (χ0) is 22.4. The predicted octanol–water partition coefficient (Wildman–Crippen LogP) is -1.16. The number of aliphatic carboxylic acids is 1. The molecule has 11 heteroatoms. The van der Waals surface area contributed by atoms with Gasteiger partial charge < -0.3 is 25.0 Å². The maximum absolute atomic E-state index is 11.9. The standard InChI is InChI=1S/C20H25N5O6/c21-20(30,18(28)29)16(26)17(27)31-15-4-1-3-14(13-15)5-8-24-9-11-25(12-10-24)19-22-6-2-7-23-19/h1-4,6-7,13,16,26,30H,5,8-12,21H2,(H,28,29). The lowest BCUT2D eigenvalue weighted by Gasteiger charge is -2.34. The van der Waals surface area contributed by atoms with Crippen molar-refractivity contribution in [1.29, 1.82) is 0 Å². The number of anilines is 1. The van der Waals surface area contributed by atoms with Gasteiger partial charge in [-0.25, -0.2) is 19.6 Å². The van der Waals surface area contributed by atoms with Gasteiger partial charge in [0.15, 0.2) is 0 Å². The van der Waals surface area contributed by atoms with Crippen molar-refractivity contribution >= 4 is 17.9 Å². The van der Waals surface area contributed by atoms with Gasteiger partial charge in [0.2, 0.25) is 12.1 Å². The largest absolute Gasteiger partial charge is 0.478 e. The predicted molar refractivity (Wildman–Crippen MR) is 109 cm³/mol. The van der Waals surface area contributed by atoms with Gasteiger partial charge in [-0.2, -0.15) is 0 Å². The fraction of sp³-hybridized carbons (Fsp3) is 0.400. The van der Waals surface area contributed by atoms with E-state index in [-0.39, 0.29) is 5.75 Å². The normalized spacial score (nSPS) is 17.6. The molecule has 5 N–H and O–H groups in total. The second kappa shape index (κ2) is 9.79. The highest BCUT2D eigenvalue weighted by atomic mass is 16.6. The lowest BCUT2D eigenvalue weighted by Crippen LogP contribution is -2.61. The maximum Gasteiger partial charge on any atom is 0.354 e. The van der Waals surface area contributed by atoms with Crippen LogP contribution >= 0.6 is 0 Å². The highest BCUT2D eigenvalue weighted by Crippen LogP contribution is 2.17. The third-order valence-corrected chi connectivity index (χ3v) is 5.02. The van der Waals surface area contributed by atoms with Crippen LogP contribution in [0.3, 0.4) is 0 Å². The van der Waals surface area contributed by atoms with Gasteiger partial charge in [0.05, 0.1) is 0 Å². The number of carboxylic acids is 1. The number of hydrogen-bond donors (Lipinski definition) is 4. The smallest absolute Gasteiger partial charge is 0.354 e. The number of hydrogen-bond acceptors (Lipinski definition) is 10. The van der Waals surface area contributed by atoms with E-state index in [9.17, 15) is 19.8 Å². The van der Waals surface area contributed by atoms with Crippen LogP contribution in [0.5, 0.6) is 5.75 Å². The Bertz CT molecular complexity index is 902. The second-order valence-electron chi connectivity index (χ2n) is 7.23. The van der Waals surface area contributed by atoms with Gasteiger partial charge in [-0.3, -0.25) is 10.6 Å². The van der Waals surface area contributed by atoms with Crippen molar-refractivity contribution < 1.29 is 29.6 Å². The van der Waals surface area contributed by atoms with E-state index in [0.29, 0.717) is 6.42 Å². The summed E-state index contributed by atoms with van der Waals surface area (Å²) < 4.78 is 4.98. The Morgan fingerprint density at radius 3 is 2.48 bits per heavy atom. The van der Waals surface area contributed by atoms with Crippen LogP contribution in [0, 0.1) is 0 Å². The summed E-state index contributed by atoms with van der Waals surface area (Å²) in [6, 6.07) is 8.45. The van der Waals surface area contributed by atoms with Gasteiger partial charge in [0, 0.05) is 45.1 Å². The SMILES string of the molecule is NC(O)(C(=O)O)C(O)C(=O)Oc1cccc(CCN2CCN(c3ncccn3)CC2)c1. The van der Waals surface area contributed by atoms with E-state index in [4.69, 9.17) is 15.6 Å². The summed E-state index contributed by atoms with van der Waals surface area (Å²) in [5.41, 5.74) is 2.81. The lowest BCUT2D eigenvalue weighted by molar-refractivity contribution is -0.180. The van der Waals surface area contributed by atoms with Crippen molar-refractivity contribution in [3.8, 4) is 5.75 Å². The quantitative estimate of drug-likeness (QED) is 0.226. The second-order valence-corrected chi connectivity index (χ2v) is 7.23. The van der Waals surface area contributed by atoms with E-state index >= 15 is 0 Å². The molecule has 2 aromatic rings. The number of aliphatic hydroxyl groups is 2. The molecule has 2 unspecified atom stereocenters. The number of piperazine rings is 1. The topological polar surface area (TPSA) is 162 Å². The van der Waals surface area contributed by atoms with E-state index in [0.717, 1.165) is 44.2 Å². The van der Waals surface area contributed by atoms with Crippen LogP contribution in [0.4, 0.5) is 5.95 Å². The van der Waals surface area contributed by atoms with Crippen LogP contribution in [0.1, 0.15) is 5.56 Å². The van der Waals surface area contributed by atoms with Crippen LogP contribution in [0.15, 0.2) is 42.7 Å². The van der Waals surface area contributed by atoms with Gasteiger partial charge in [-0.1, -0.05) is 12.1 Å². The fourth-order valence-corrected chi connectivity index (χ4v) is 3.15. The summed E-state index contributed by atoms with van der Waals surface area (Å²) in [5.74, 6) is -2.45. The molecule has 1 aliphatic rings. The molecule has 0 saturated carbocycles. The molecule has 1 saturated heterocycles. The first-order chi connectivity index (χ1) is 14.8. The summed E-state index contributed by atoms with van der Waals surface area (Å²) in [6.07, 6.45) is 1.72. The zero-order valence-corrected chi connectivity index (χ0v) is 16.8. The van der Waals surface area contributed by atoms with Crippen LogP contribution < -0.4 is 15.4 Å². The van der Waals surface area contributed by atoms with Gasteiger partial charge in [-0.15, -0.1) is 0 Å². The first-order valence-electron chi connectivity index (χ1n) is 9.75. The number of nitrogens with zero attached hydrogens (tertiary/aromatic N) is 4. The molecule has 3 rings (SSSR count). The average molecular weight is 431 g/mol. The molecular weight excluding hydrogens is 406 g/mol. The van der Waals surface area contributed by atoms with Crippen molar-refractivity contribution in [2.75, 3.05) is 37.6 Å². The number of carboxylic acid groups (broad SMARTS) is 1. The molecule has 2 atom stereocenters. The summed E-state index contributed by atoms with van der Waals surface area (Å²) in [7, 11) is 0. The first-order valence-corrected chi connectivity index (χ1v) is 9.75. The highest BCUT2D eigenvalue weighted by molar-refractivity contribution is 5.88. The summed E-state index contributed by atoms with van der Waals surface area (Å²) in [4.78, 5) is 35.8. The van der Waals surface area contributed by atoms with Gasteiger partial charge in [0.1, 0.15) is 5.75 Å². The number of benzene rings is 1. The molecule has 1 aromatic carbocycles. The Hall–Kier alpha value is -3.12. The van der Waals surface area contributed by atoms with E-state index < -0.39 is 23.8 Å². The Morgan fingerprint density at radius 2 is 1.84 bits per heavy atom. The molecule has 2 heterocycles. The Labute approximate surface area is 178 Å². The molecule has 0 bridgehead atoms. The molecule has 1 aromatic heterocycles. The summed E-state index contributed by atoms with van der Waals surface area (Å²) in [6.45, 7) is 4.17. The van der Waals surface area contributed by atoms with E-state index in [1.165, 1.54) is 6.07 Å². The molecule has 1 fully saturated rings. The number of carbonyl (C=O) groups excluding carboxylic acids is 1. The number of rotatable bonds is 8. The van der Waals surface area contributed by atoms with E-state index in [1.54, 1.807) is 30.6 Å². The minimum Gasteiger partial charge on any atom is -0.478 e. The number of aromatic nitrogens is 2. The lowest BCUT2D eigenvalue weighted by atomic mass is 10.1. The molecule has 0 amide bonds. The number of ether oxygens (including phenoxy) is 1. The Kier molecular flexibility index (Phi) is 7.13. The molecule has 0 radical (unpaired) electrons. The third kappa shape index (κ3) is 5.73. The molecule has 0 spiro atoms. The first kappa shape index (κ1) is 22.6. The van der Waals surface area contributed by atoms with Crippen molar-refractivity contribution in [1.82, 2.24) is 14.9 Å². The molecular formula is C20H25N5O6. The third-order valence-electron chi connectivity index (χ3n) is 5.02. The summed E-state index contributed by atoms with van der Waals surface area (Å²) >= 11 is 0. The zero-order valence-electron chi connectivity index (χ0n) is 16.8. The van der Waals surface area contributed by atoms with Crippen molar-refractivity contribution in [2.45, 2.75) is 18.2 Å². The monoisotopic (exact) mass is 431 g/mol. The van der Waals surface area contributed by atoms with Gasteiger partial charge in [-0.05, 0) is 30.2 Å². The van der Waals surface area contributed by atoms with Crippen LogP contribution in [0.2, 0.25) is 0 Å². The average Bonchev–Trinajstić information content (AvgIpc) is 2.78. The molecule has 0 aliphatic carbocycles. The highest BCUT2D eigenvalue weighted by Gasteiger charge is 2.45. The minimum absolute atomic E-state index is 0.119. The minimum atomic E-state index is -3.14. The number of aliphatic hydroxyl groups excluding tert-OH is 1. The summed E-state index contributed by atoms with van der Waals surface area (Å²) in [5, 5.41) is 28.0. The van der Waals surface area contributed by atoms with Crippen LogP contribution in [-0.2, 0) is 16.0 Å². The molecule has 1 aliphatic heterocycles. The maximum atomic E-state index is 11.9. The molecule has 166 valence electrons. The van der Waals surface area contributed by atoms with Crippen LogP contribution in [0.25, 0.3) is 0 Å². The fourth-order valence-electron chi connectivity index (χ4n) is 3.15. The number of carbonyl (C=O) groups is 2. The van der Waals surface area contributed by atoms with Crippen LogP contribution in [-0.4, -0.2) is 86.7 Å². The number of esters is 1. The van der Waals surface area contributed by atoms with E-state index in [2.05, 4.69) is 19.8 Å². The Morgan fingerprint density at radius 1 is 1.16 bits per heavy atom. The Balaban J connectivity index is 1.50. The molecule has 31 heavy (non-hydrogen) atoms. The van der Waals surface area contributed by atoms with Gasteiger partial charge in [0.25, 0.3) is 5.72 Å². The van der Waals surface area contributed by atoms with Gasteiger partial charge >= 0.3 is 11.9 Å². The van der Waals surface area contributed by atoms with Crippen molar-refractivity contribution in [3.63, 3.8) is 0 Å². The van der Waals surface area contributed by atoms with E-state index in [1.807, 2.05) is 6.07 Å².